The van der Waals surface area contributed by atoms with Crippen LogP contribution in [-0.2, 0) is 0 Å². The third-order valence-corrected chi connectivity index (χ3v) is 0.550. The van der Waals surface area contributed by atoms with Crippen LogP contribution in [0.2, 0.25) is 0 Å². The zero-order valence-electron chi connectivity index (χ0n) is 4.35. The molecule has 5 heteroatoms. The fourth-order valence-electron chi connectivity index (χ4n) is 0.206. The van der Waals surface area contributed by atoms with Crippen LogP contribution in [0.25, 0.3) is 0 Å². The first-order valence-corrected chi connectivity index (χ1v) is 2.57. The van der Waals surface area contributed by atoms with Gasteiger partial charge < -0.3 is 10.8 Å². The van der Waals surface area contributed by atoms with E-state index in [1.165, 1.54) is 0 Å². The fourth-order valence-corrected chi connectivity index (χ4v) is 0.278. The number of thiocarbonyl (C=S) groups is 1. The largest absolute Gasteiger partial charge is 0.395 e. The summed E-state index contributed by atoms with van der Waals surface area (Å²) >= 11 is 4.43. The number of nitrogens with one attached hydrogen (secondary N) is 2. The van der Waals surface area contributed by atoms with Crippen LogP contribution in [0.15, 0.2) is 0 Å². The van der Waals surface area contributed by atoms with Gasteiger partial charge in [0.1, 0.15) is 0 Å². The molecule has 0 saturated carbocycles. The Kier molecular flexibility index (Phi) is 4.53. The summed E-state index contributed by atoms with van der Waals surface area (Å²) in [6, 6.07) is 0. The molecule has 0 aliphatic rings. The molecule has 0 aromatic rings. The van der Waals surface area contributed by atoms with Crippen LogP contribution < -0.4 is 16.6 Å². The SMILES string of the molecule is NC(=S)NNCCO. The van der Waals surface area contributed by atoms with Crippen molar-refractivity contribution in [3.05, 3.63) is 0 Å². The molecule has 8 heavy (non-hydrogen) atoms. The lowest BCUT2D eigenvalue weighted by Crippen LogP contribution is -2.42. The zero-order chi connectivity index (χ0) is 6.41. The van der Waals surface area contributed by atoms with Crippen LogP contribution in [0.3, 0.4) is 0 Å². The average Bonchev–Trinajstić information content (AvgIpc) is 1.66. The van der Waals surface area contributed by atoms with Crippen LogP contribution in [0, 0.1) is 0 Å². The molecule has 0 aromatic carbocycles. The maximum Gasteiger partial charge on any atom is 0.178 e. The number of hydrazine groups is 1. The van der Waals surface area contributed by atoms with Crippen LogP contribution in [-0.4, -0.2) is 23.4 Å². The summed E-state index contributed by atoms with van der Waals surface area (Å²) in [7, 11) is 0. The Bertz CT molecular complexity index is 76.9. The third kappa shape index (κ3) is 5.61. The normalized spacial score (nSPS) is 8.62. The van der Waals surface area contributed by atoms with Gasteiger partial charge in [0.05, 0.1) is 6.61 Å². The predicted molar refractivity (Wildman–Crippen MR) is 35.0 cm³/mol. The quantitative estimate of drug-likeness (QED) is 0.211. The standard InChI is InChI=1S/C3H9N3OS/c4-3(8)6-5-1-2-7/h5,7H,1-2H2,(H3,4,6,8). The van der Waals surface area contributed by atoms with Gasteiger partial charge in [-0.05, 0) is 12.2 Å². The topological polar surface area (TPSA) is 70.3 Å². The second kappa shape index (κ2) is 4.76. The van der Waals surface area contributed by atoms with E-state index in [-0.39, 0.29) is 11.7 Å². The molecule has 4 nitrogen and oxygen atoms in total. The minimum atomic E-state index is 0.0651. The molecule has 0 aliphatic heterocycles. The van der Waals surface area contributed by atoms with Gasteiger partial charge in [-0.25, -0.2) is 5.43 Å². The first-order chi connectivity index (χ1) is 3.77. The summed E-state index contributed by atoms with van der Waals surface area (Å²) in [5, 5.41) is 8.37. The molecule has 0 amide bonds. The number of nitrogens with two attached hydrogens (primary N) is 1. The van der Waals surface area contributed by atoms with E-state index in [0.29, 0.717) is 6.54 Å². The Hall–Kier alpha value is -0.390. The average molecular weight is 135 g/mol. The smallest absolute Gasteiger partial charge is 0.178 e. The van der Waals surface area contributed by atoms with E-state index in [1.54, 1.807) is 0 Å². The molecule has 0 spiro atoms. The summed E-state index contributed by atoms with van der Waals surface area (Å²) in [5.41, 5.74) is 10.0. The van der Waals surface area contributed by atoms with Crippen molar-refractivity contribution in [2.75, 3.05) is 13.2 Å². The van der Waals surface area contributed by atoms with Crippen molar-refractivity contribution in [3.8, 4) is 0 Å². The molecule has 0 rings (SSSR count). The Morgan fingerprint density at radius 2 is 2.38 bits per heavy atom. The first kappa shape index (κ1) is 7.61. The zero-order valence-corrected chi connectivity index (χ0v) is 5.16. The van der Waals surface area contributed by atoms with E-state index in [0.717, 1.165) is 0 Å². The van der Waals surface area contributed by atoms with E-state index < -0.39 is 0 Å². The van der Waals surface area contributed by atoms with Crippen molar-refractivity contribution >= 4 is 17.3 Å². The monoisotopic (exact) mass is 135 g/mol. The number of aliphatic hydroxyl groups is 1. The van der Waals surface area contributed by atoms with Crippen molar-refractivity contribution in [2.24, 2.45) is 5.73 Å². The van der Waals surface area contributed by atoms with E-state index in [2.05, 4.69) is 23.1 Å². The second-order valence-corrected chi connectivity index (χ2v) is 1.58. The summed E-state index contributed by atoms with van der Waals surface area (Å²) < 4.78 is 0. The molecular weight excluding hydrogens is 126 g/mol. The second-order valence-electron chi connectivity index (χ2n) is 1.14. The summed E-state index contributed by atoms with van der Waals surface area (Å²) in [5.74, 6) is 0. The highest BCUT2D eigenvalue weighted by Gasteiger charge is 1.81. The Labute approximate surface area is 53.0 Å². The summed E-state index contributed by atoms with van der Waals surface area (Å²) in [6.45, 7) is 0.507. The molecule has 0 aromatic heterocycles. The molecule has 0 unspecified atom stereocenters. The predicted octanol–water partition coefficient (Wildman–Crippen LogP) is -1.68. The van der Waals surface area contributed by atoms with Crippen LogP contribution >= 0.6 is 12.2 Å². The molecule has 0 radical (unpaired) electrons. The van der Waals surface area contributed by atoms with Gasteiger partial charge in [0.25, 0.3) is 0 Å². The van der Waals surface area contributed by atoms with Gasteiger partial charge >= 0.3 is 0 Å². The third-order valence-electron chi connectivity index (χ3n) is 0.448. The maximum atomic E-state index is 8.19. The lowest BCUT2D eigenvalue weighted by Gasteiger charge is -2.01. The van der Waals surface area contributed by atoms with Crippen molar-refractivity contribution < 1.29 is 5.11 Å². The van der Waals surface area contributed by atoms with E-state index in [1.807, 2.05) is 0 Å². The Balaban J connectivity index is 2.82. The van der Waals surface area contributed by atoms with Gasteiger partial charge in [-0.15, -0.1) is 0 Å². The summed E-state index contributed by atoms with van der Waals surface area (Å²) in [6.07, 6.45) is 0. The Morgan fingerprint density at radius 3 is 2.75 bits per heavy atom. The van der Waals surface area contributed by atoms with E-state index >= 15 is 0 Å². The molecule has 0 heterocycles. The highest BCUT2D eigenvalue weighted by molar-refractivity contribution is 7.80. The fraction of sp³-hybridized carbons (Fsp3) is 0.667. The molecule has 0 aliphatic carbocycles. The van der Waals surface area contributed by atoms with E-state index in [9.17, 15) is 0 Å². The van der Waals surface area contributed by atoms with Gasteiger partial charge in [0, 0.05) is 6.54 Å². The number of hydrogen-bond acceptors (Lipinski definition) is 3. The minimum Gasteiger partial charge on any atom is -0.395 e. The molecule has 0 saturated heterocycles. The van der Waals surface area contributed by atoms with Crippen molar-refractivity contribution in [1.82, 2.24) is 10.9 Å². The molecule has 48 valence electrons. The van der Waals surface area contributed by atoms with Gasteiger partial charge in [-0.2, -0.15) is 0 Å². The number of aliphatic hydroxyl groups excluding tert-OH is 1. The lowest BCUT2D eigenvalue weighted by atomic mass is 10.7. The number of hydrogen-bond donors (Lipinski definition) is 4. The lowest BCUT2D eigenvalue weighted by molar-refractivity contribution is 0.289. The van der Waals surface area contributed by atoms with Crippen molar-refractivity contribution in [1.29, 1.82) is 0 Å². The van der Waals surface area contributed by atoms with Crippen LogP contribution in [0.4, 0.5) is 0 Å². The van der Waals surface area contributed by atoms with Gasteiger partial charge in [-0.3, -0.25) is 5.43 Å². The van der Waals surface area contributed by atoms with Gasteiger partial charge in [-0.1, -0.05) is 0 Å². The minimum absolute atomic E-state index is 0.0651. The Morgan fingerprint density at radius 1 is 1.75 bits per heavy atom. The molecule has 0 atom stereocenters. The van der Waals surface area contributed by atoms with Gasteiger partial charge in [0.15, 0.2) is 5.11 Å². The molecular formula is C3H9N3OS. The van der Waals surface area contributed by atoms with Gasteiger partial charge in [0.2, 0.25) is 0 Å². The highest BCUT2D eigenvalue weighted by atomic mass is 32.1. The maximum absolute atomic E-state index is 8.19. The molecule has 0 bridgehead atoms. The number of rotatable bonds is 3. The van der Waals surface area contributed by atoms with Crippen molar-refractivity contribution in [2.45, 2.75) is 0 Å². The first-order valence-electron chi connectivity index (χ1n) is 2.16. The van der Waals surface area contributed by atoms with E-state index in [4.69, 9.17) is 10.8 Å². The van der Waals surface area contributed by atoms with Crippen molar-refractivity contribution in [3.63, 3.8) is 0 Å². The molecule has 0 fully saturated rings. The van der Waals surface area contributed by atoms with Crippen LogP contribution in [0.5, 0.6) is 0 Å². The van der Waals surface area contributed by atoms with Crippen LogP contribution in [0.1, 0.15) is 0 Å². The summed E-state index contributed by atoms with van der Waals surface area (Å²) in [4.78, 5) is 0. The highest BCUT2D eigenvalue weighted by Crippen LogP contribution is 1.51. The molecule has 5 N–H and O–H groups in total.